The van der Waals surface area contributed by atoms with E-state index in [-0.39, 0.29) is 24.3 Å². The van der Waals surface area contributed by atoms with E-state index < -0.39 is 17.1 Å². The average molecular weight is 725 g/mol. The molecule has 4 aromatic rings. The predicted molar refractivity (Wildman–Crippen MR) is 209 cm³/mol. The van der Waals surface area contributed by atoms with Crippen molar-refractivity contribution in [3.8, 4) is 5.75 Å². The molecule has 3 aliphatic rings. The van der Waals surface area contributed by atoms with Crippen LogP contribution in [0.3, 0.4) is 0 Å². The standard InChI is InChI=1S/C43H52N2O6S/c1-29-9-7-21-42(2)37(20-22-43(42,49)28-45(23-8-24-50-3)41(48)44-32-14-17-34(51-4)18-15-32)35-19-13-30(25-33(46)16-12-29)26-36(35)40(47)39-27-31-10-5-6-11-38(31)52-39/h5-6,9-11,13-15,17-19,26-27,33,37,46,49H,7-8,12,16,20-25,28H2,1-4H3,(H,44,48)/t33-,37-,42-,43+/m0/s1. The van der Waals surface area contributed by atoms with E-state index in [4.69, 9.17) is 9.47 Å². The van der Waals surface area contributed by atoms with Gasteiger partial charge in [-0.1, -0.05) is 48.9 Å². The molecule has 1 fully saturated rings. The van der Waals surface area contributed by atoms with Crippen LogP contribution in [-0.2, 0) is 11.2 Å². The number of amides is 2. The number of ether oxygens (including phenoxy) is 2. The first-order chi connectivity index (χ1) is 25.0. The van der Waals surface area contributed by atoms with Gasteiger partial charge in [-0.3, -0.25) is 4.79 Å². The summed E-state index contributed by atoms with van der Waals surface area (Å²) in [5.74, 6) is 0.516. The van der Waals surface area contributed by atoms with Gasteiger partial charge in [0.2, 0.25) is 5.78 Å². The minimum atomic E-state index is -1.24. The maximum Gasteiger partial charge on any atom is 0.321 e. The van der Waals surface area contributed by atoms with Gasteiger partial charge in [-0.15, -0.1) is 11.3 Å². The van der Waals surface area contributed by atoms with Gasteiger partial charge in [0, 0.05) is 41.6 Å². The minimum absolute atomic E-state index is 0.0341. The number of ketones is 1. The Morgan fingerprint density at radius 1 is 1.02 bits per heavy atom. The van der Waals surface area contributed by atoms with Gasteiger partial charge in [0.1, 0.15) is 5.75 Å². The second-order valence-electron chi connectivity index (χ2n) is 14.9. The molecule has 3 aliphatic carbocycles. The fraction of sp³-hybridized carbons (Fsp3) is 0.442. The quantitative estimate of drug-likeness (QED) is 0.0858. The number of aliphatic hydroxyl groups excluding tert-OH is 1. The van der Waals surface area contributed by atoms with Crippen LogP contribution in [0.4, 0.5) is 10.5 Å². The lowest BCUT2D eigenvalue weighted by Gasteiger charge is -2.46. The Balaban J connectivity index is 1.39. The predicted octanol–water partition coefficient (Wildman–Crippen LogP) is 8.75. The zero-order valence-electron chi connectivity index (χ0n) is 30.8. The third-order valence-corrected chi connectivity index (χ3v) is 12.5. The van der Waals surface area contributed by atoms with Gasteiger partial charge in [0.25, 0.3) is 0 Å². The lowest BCUT2D eigenvalue weighted by atomic mass is 9.64. The third-order valence-electron chi connectivity index (χ3n) is 11.4. The number of aliphatic hydroxyl groups is 2. The Morgan fingerprint density at radius 3 is 2.56 bits per heavy atom. The highest BCUT2D eigenvalue weighted by molar-refractivity contribution is 7.21. The molecule has 1 saturated carbocycles. The number of urea groups is 1. The number of benzene rings is 3. The molecule has 1 aromatic heterocycles. The van der Waals surface area contributed by atoms with Gasteiger partial charge >= 0.3 is 6.03 Å². The first-order valence-corrected chi connectivity index (χ1v) is 19.3. The van der Waals surface area contributed by atoms with Crippen molar-refractivity contribution in [1.29, 1.82) is 0 Å². The summed E-state index contributed by atoms with van der Waals surface area (Å²) in [5, 5.41) is 28.0. The second kappa shape index (κ2) is 16.3. The van der Waals surface area contributed by atoms with Crippen LogP contribution in [0.1, 0.15) is 91.1 Å². The van der Waals surface area contributed by atoms with Crippen LogP contribution in [-0.4, -0.2) is 72.5 Å². The van der Waals surface area contributed by atoms with Crippen LogP contribution < -0.4 is 10.1 Å². The van der Waals surface area contributed by atoms with E-state index in [0.29, 0.717) is 73.6 Å². The van der Waals surface area contributed by atoms with Crippen molar-refractivity contribution in [3.05, 3.63) is 106 Å². The van der Waals surface area contributed by atoms with Crippen LogP contribution in [0, 0.1) is 5.41 Å². The lowest BCUT2D eigenvalue weighted by Crippen LogP contribution is -2.54. The molecule has 8 nitrogen and oxygen atoms in total. The molecule has 2 amide bonds. The molecule has 2 bridgehead atoms. The number of nitrogens with zero attached hydrogens (tertiary/aromatic N) is 1. The summed E-state index contributed by atoms with van der Waals surface area (Å²) >= 11 is 1.50. The smallest absolute Gasteiger partial charge is 0.321 e. The zero-order valence-corrected chi connectivity index (χ0v) is 31.6. The Kier molecular flexibility index (Phi) is 11.9. The largest absolute Gasteiger partial charge is 0.497 e. The molecular weight excluding hydrogens is 673 g/mol. The molecule has 0 aliphatic heterocycles. The van der Waals surface area contributed by atoms with Crippen molar-refractivity contribution in [3.63, 3.8) is 0 Å². The van der Waals surface area contributed by atoms with Crippen molar-refractivity contribution in [1.82, 2.24) is 4.90 Å². The van der Waals surface area contributed by atoms with Gasteiger partial charge < -0.3 is 29.9 Å². The van der Waals surface area contributed by atoms with Crippen LogP contribution in [0.25, 0.3) is 10.1 Å². The number of fused-ring (bicyclic) bond motifs is 9. The summed E-state index contributed by atoms with van der Waals surface area (Å²) in [7, 11) is 3.25. The molecule has 4 atom stereocenters. The summed E-state index contributed by atoms with van der Waals surface area (Å²) < 4.78 is 11.7. The fourth-order valence-corrected chi connectivity index (χ4v) is 9.28. The van der Waals surface area contributed by atoms with Crippen molar-refractivity contribution >= 4 is 38.9 Å². The molecule has 0 spiro atoms. The molecule has 52 heavy (non-hydrogen) atoms. The van der Waals surface area contributed by atoms with Crippen LogP contribution in [0.5, 0.6) is 5.75 Å². The summed E-state index contributed by atoms with van der Waals surface area (Å²) in [6.07, 6.45) is 6.74. The third kappa shape index (κ3) is 8.13. The topological polar surface area (TPSA) is 108 Å². The average Bonchev–Trinajstić information content (AvgIpc) is 3.68. The summed E-state index contributed by atoms with van der Waals surface area (Å²) in [6.45, 7) is 5.29. The number of hydrogen-bond acceptors (Lipinski definition) is 7. The fourth-order valence-electron chi connectivity index (χ4n) is 8.27. The number of hydrogen-bond donors (Lipinski definition) is 3. The monoisotopic (exact) mass is 724 g/mol. The Bertz CT molecular complexity index is 1870. The molecule has 0 saturated heterocycles. The summed E-state index contributed by atoms with van der Waals surface area (Å²) in [4.78, 5) is 30.9. The number of nitrogens with one attached hydrogen (secondary N) is 1. The van der Waals surface area contributed by atoms with Gasteiger partial charge in [0.05, 0.1) is 30.2 Å². The maximum absolute atomic E-state index is 14.6. The Hall–Kier alpha value is -4.02. The molecular formula is C43H52N2O6S. The lowest BCUT2D eigenvalue weighted by molar-refractivity contribution is -0.0767. The van der Waals surface area contributed by atoms with Crippen molar-refractivity contribution in [2.24, 2.45) is 5.41 Å². The zero-order chi connectivity index (χ0) is 36.9. The summed E-state index contributed by atoms with van der Waals surface area (Å²) in [6, 6.07) is 23.0. The number of anilines is 1. The SMILES string of the molecule is COCCCN(C[C@]1(O)CC[C@H]2c3ccc(cc3C(=O)c3cc4ccccc4s3)C[C@@H](O)CCC(C)=CCC[C@@]21C)C(=O)Nc1ccc(OC)cc1. The van der Waals surface area contributed by atoms with Crippen molar-refractivity contribution < 1.29 is 29.3 Å². The van der Waals surface area contributed by atoms with Crippen molar-refractivity contribution in [2.75, 3.05) is 39.2 Å². The Morgan fingerprint density at radius 2 is 1.81 bits per heavy atom. The van der Waals surface area contributed by atoms with Gasteiger partial charge in [-0.25, -0.2) is 4.79 Å². The van der Waals surface area contributed by atoms with Crippen molar-refractivity contribution in [2.45, 2.75) is 82.8 Å². The molecule has 9 heteroatoms. The first kappa shape index (κ1) is 37.7. The van der Waals surface area contributed by atoms with Crippen LogP contribution in [0.2, 0.25) is 0 Å². The molecule has 3 aromatic carbocycles. The number of carbonyl (C=O) groups excluding carboxylic acids is 2. The van der Waals surface area contributed by atoms with E-state index in [1.165, 1.54) is 16.9 Å². The van der Waals surface area contributed by atoms with Gasteiger partial charge in [-0.05, 0) is 123 Å². The number of carbonyl (C=O) groups is 2. The molecule has 0 radical (unpaired) electrons. The molecule has 0 unspecified atom stereocenters. The van der Waals surface area contributed by atoms with Crippen LogP contribution >= 0.6 is 11.3 Å². The highest BCUT2D eigenvalue weighted by Crippen LogP contribution is 2.59. The first-order valence-electron chi connectivity index (χ1n) is 18.4. The van der Waals surface area contributed by atoms with Gasteiger partial charge in [-0.2, -0.15) is 0 Å². The van der Waals surface area contributed by atoms with Crippen LogP contribution in [0.15, 0.2) is 84.4 Å². The summed E-state index contributed by atoms with van der Waals surface area (Å²) in [5.41, 5.74) is 2.41. The van der Waals surface area contributed by atoms with E-state index in [2.05, 4.69) is 31.3 Å². The molecule has 3 N–H and O–H groups in total. The maximum atomic E-state index is 14.6. The molecule has 1 heterocycles. The number of rotatable bonds is 10. The van der Waals surface area contributed by atoms with E-state index in [1.54, 1.807) is 43.4 Å². The van der Waals surface area contributed by atoms with E-state index in [0.717, 1.165) is 34.1 Å². The van der Waals surface area contributed by atoms with Gasteiger partial charge in [0.15, 0.2) is 0 Å². The highest BCUT2D eigenvalue weighted by atomic mass is 32.1. The molecule has 7 rings (SSSR count). The van der Waals surface area contributed by atoms with E-state index in [1.807, 2.05) is 42.5 Å². The number of methoxy groups -OCH3 is 2. The normalized spacial score (nSPS) is 23.5. The number of thiophene rings is 1. The van der Waals surface area contributed by atoms with E-state index >= 15 is 0 Å². The Labute approximate surface area is 311 Å². The minimum Gasteiger partial charge on any atom is -0.497 e. The second-order valence-corrected chi connectivity index (χ2v) is 15.9. The molecule has 276 valence electrons. The number of allylic oxidation sites excluding steroid dienone is 2. The highest BCUT2D eigenvalue weighted by Gasteiger charge is 2.57. The van der Waals surface area contributed by atoms with E-state index in [9.17, 15) is 19.8 Å².